The minimum Gasteiger partial charge on any atom is -0.493 e. The molecule has 0 spiro atoms. The molecule has 3 N–H and O–H groups in total. The van der Waals surface area contributed by atoms with Gasteiger partial charge in [-0.1, -0.05) is 18.2 Å². The Kier molecular flexibility index (Phi) is 9.49. The van der Waals surface area contributed by atoms with Crippen molar-refractivity contribution in [3.63, 3.8) is 0 Å². The predicted molar refractivity (Wildman–Crippen MR) is 192 cm³/mol. The number of benzene rings is 3. The second-order valence-electron chi connectivity index (χ2n) is 12.4. The number of piperidine rings is 1. The highest BCUT2D eigenvalue weighted by atomic mass is 32.1. The van der Waals surface area contributed by atoms with Gasteiger partial charge in [0, 0.05) is 55.1 Å². The molecule has 2 atom stereocenters. The monoisotopic (exact) mass is 651 g/mol. The van der Waals surface area contributed by atoms with Crippen molar-refractivity contribution in [2.45, 2.75) is 39.2 Å². The van der Waals surface area contributed by atoms with Crippen LogP contribution in [0.1, 0.15) is 45.1 Å². The van der Waals surface area contributed by atoms with Crippen LogP contribution in [0.15, 0.2) is 77.6 Å². The summed E-state index contributed by atoms with van der Waals surface area (Å²) in [7, 11) is 3.22. The summed E-state index contributed by atoms with van der Waals surface area (Å²) in [5.74, 6) is 1.74. The van der Waals surface area contributed by atoms with Crippen LogP contribution in [0.5, 0.6) is 11.5 Å². The number of carbonyl (C=O) groups is 1. The summed E-state index contributed by atoms with van der Waals surface area (Å²) in [5, 5.41) is 10.2. The maximum atomic E-state index is 13.4. The first-order valence-corrected chi connectivity index (χ1v) is 16.4. The number of nitrogens with one attached hydrogen (secondary N) is 3. The molecule has 4 aromatic rings. The summed E-state index contributed by atoms with van der Waals surface area (Å²) in [5.41, 5.74) is 7.72. The second kappa shape index (κ2) is 13.9. The molecule has 2 aliphatic rings. The van der Waals surface area contributed by atoms with Gasteiger partial charge < -0.3 is 34.9 Å². The number of anilines is 3. The maximum Gasteiger partial charge on any atom is 0.251 e. The van der Waals surface area contributed by atoms with Gasteiger partial charge in [0.15, 0.2) is 16.6 Å². The van der Waals surface area contributed by atoms with E-state index in [9.17, 15) is 9.59 Å². The molecule has 2 unspecified atom stereocenters. The number of fused-ring (bicyclic) bond motifs is 4. The van der Waals surface area contributed by atoms with Crippen molar-refractivity contribution >= 4 is 40.3 Å². The van der Waals surface area contributed by atoms with E-state index in [-0.39, 0.29) is 17.4 Å². The molecule has 0 saturated carbocycles. The fourth-order valence-electron chi connectivity index (χ4n) is 6.71. The number of amides is 1. The van der Waals surface area contributed by atoms with Crippen LogP contribution in [0.2, 0.25) is 0 Å². The maximum absolute atomic E-state index is 13.4. The molecule has 1 aromatic heterocycles. The number of pyridine rings is 1. The molecule has 2 aliphatic heterocycles. The Morgan fingerprint density at radius 1 is 0.894 bits per heavy atom. The summed E-state index contributed by atoms with van der Waals surface area (Å²) in [6, 6.07) is 23.2. The molecular weight excluding hydrogens is 611 g/mol. The molecule has 244 valence electrons. The van der Waals surface area contributed by atoms with Crippen molar-refractivity contribution in [1.82, 2.24) is 9.88 Å². The fourth-order valence-corrected chi connectivity index (χ4v) is 6.94. The number of thiocarbonyl (C=S) groups is 1. The first-order valence-electron chi connectivity index (χ1n) is 16.0. The fraction of sp³-hybridized carbons (Fsp3) is 0.324. The number of aryl methyl sites for hydroxylation is 2. The molecule has 0 aliphatic carbocycles. The predicted octanol–water partition coefficient (Wildman–Crippen LogP) is 5.89. The SMILES string of the molecule is COc1ccc(CCNC(=O)c2ccc(N3CC4CC(C3)c3cccc(=O)n3C4)c(NC(=S)Nc3ccc(C)c(C)c3)c2)cc1OC. The zero-order chi connectivity index (χ0) is 33.1. The van der Waals surface area contributed by atoms with Gasteiger partial charge in [-0.3, -0.25) is 9.59 Å². The van der Waals surface area contributed by atoms with Crippen molar-refractivity contribution < 1.29 is 14.3 Å². The van der Waals surface area contributed by atoms with Crippen molar-refractivity contribution in [2.24, 2.45) is 5.92 Å². The van der Waals surface area contributed by atoms with Gasteiger partial charge in [0.25, 0.3) is 11.5 Å². The molecule has 6 rings (SSSR count). The molecular formula is C37H41N5O4S. The van der Waals surface area contributed by atoms with Crippen molar-refractivity contribution in [3.05, 3.63) is 111 Å². The van der Waals surface area contributed by atoms with E-state index >= 15 is 0 Å². The summed E-state index contributed by atoms with van der Waals surface area (Å²) in [4.78, 5) is 28.3. The van der Waals surface area contributed by atoms with Crippen molar-refractivity contribution in [1.29, 1.82) is 0 Å². The van der Waals surface area contributed by atoms with E-state index in [4.69, 9.17) is 21.7 Å². The molecule has 47 heavy (non-hydrogen) atoms. The zero-order valence-electron chi connectivity index (χ0n) is 27.3. The van der Waals surface area contributed by atoms with E-state index in [1.165, 1.54) is 11.1 Å². The third kappa shape index (κ3) is 7.12. The van der Waals surface area contributed by atoms with E-state index < -0.39 is 0 Å². The summed E-state index contributed by atoms with van der Waals surface area (Å²) >= 11 is 5.77. The number of rotatable bonds is 9. The van der Waals surface area contributed by atoms with Crippen LogP contribution >= 0.6 is 12.2 Å². The van der Waals surface area contributed by atoms with Crippen LogP contribution in [-0.4, -0.2) is 49.4 Å². The Bertz CT molecular complexity index is 1870. The first-order chi connectivity index (χ1) is 22.7. The topological polar surface area (TPSA) is 96.9 Å². The Balaban J connectivity index is 1.22. The Labute approximate surface area is 280 Å². The Morgan fingerprint density at radius 2 is 1.72 bits per heavy atom. The molecule has 3 aromatic carbocycles. The number of aromatic nitrogens is 1. The Morgan fingerprint density at radius 3 is 2.51 bits per heavy atom. The standard InChI is InChI=1S/C37H41N5O4S/c1-23-8-11-29(16-24(23)2)39-37(47)40-30-19-27(36(44)38-15-14-25-9-13-33(45-3)34(18-25)46-4)10-12-32(30)41-20-26-17-28(22-41)31-6-5-7-35(43)42(31)21-26/h5-13,16,18-19,26,28H,14-15,17,20-22H2,1-4H3,(H,38,44)(H2,39,40,47). The molecule has 0 radical (unpaired) electrons. The highest BCUT2D eigenvalue weighted by Crippen LogP contribution is 2.39. The van der Waals surface area contributed by atoms with Crippen molar-refractivity contribution in [3.8, 4) is 11.5 Å². The molecule has 1 saturated heterocycles. The van der Waals surface area contributed by atoms with Gasteiger partial charge in [0.05, 0.1) is 25.6 Å². The van der Waals surface area contributed by atoms with Gasteiger partial charge in [-0.2, -0.15) is 0 Å². The van der Waals surface area contributed by atoms with Gasteiger partial charge in [-0.25, -0.2) is 0 Å². The minimum absolute atomic E-state index is 0.0669. The number of hydrogen-bond acceptors (Lipinski definition) is 6. The lowest BCUT2D eigenvalue weighted by atomic mass is 9.83. The highest BCUT2D eigenvalue weighted by molar-refractivity contribution is 7.80. The molecule has 1 amide bonds. The molecule has 2 bridgehead atoms. The van der Waals surface area contributed by atoms with Gasteiger partial charge in [0.1, 0.15) is 0 Å². The lowest BCUT2D eigenvalue weighted by Crippen LogP contribution is -2.47. The highest BCUT2D eigenvalue weighted by Gasteiger charge is 2.35. The number of methoxy groups -OCH3 is 2. The normalized spacial score (nSPS) is 16.6. The smallest absolute Gasteiger partial charge is 0.251 e. The summed E-state index contributed by atoms with van der Waals surface area (Å²) in [6.45, 7) is 6.89. The number of carbonyl (C=O) groups excluding carboxylic acids is 1. The van der Waals surface area contributed by atoms with Crippen LogP contribution in [0, 0.1) is 19.8 Å². The summed E-state index contributed by atoms with van der Waals surface area (Å²) in [6.07, 6.45) is 1.69. The van der Waals surface area contributed by atoms with Gasteiger partial charge in [0.2, 0.25) is 0 Å². The molecule has 10 heteroatoms. The van der Waals surface area contributed by atoms with Gasteiger partial charge in [-0.05, 0) is 110 Å². The quantitative estimate of drug-likeness (QED) is 0.193. The van der Waals surface area contributed by atoms with E-state index in [0.29, 0.717) is 47.6 Å². The van der Waals surface area contributed by atoms with Crippen LogP contribution < -0.4 is 35.9 Å². The number of ether oxygens (including phenoxy) is 2. The zero-order valence-corrected chi connectivity index (χ0v) is 28.1. The van der Waals surface area contributed by atoms with E-state index in [1.54, 1.807) is 20.3 Å². The van der Waals surface area contributed by atoms with E-state index in [0.717, 1.165) is 47.8 Å². The molecule has 3 heterocycles. The van der Waals surface area contributed by atoms with E-state index in [2.05, 4.69) is 52.9 Å². The summed E-state index contributed by atoms with van der Waals surface area (Å²) < 4.78 is 12.7. The van der Waals surface area contributed by atoms with E-state index in [1.807, 2.05) is 53.1 Å². The minimum atomic E-state index is -0.170. The van der Waals surface area contributed by atoms with Crippen LogP contribution in [0.25, 0.3) is 0 Å². The van der Waals surface area contributed by atoms with Crippen molar-refractivity contribution in [2.75, 3.05) is 49.4 Å². The largest absolute Gasteiger partial charge is 0.493 e. The van der Waals surface area contributed by atoms with Gasteiger partial charge in [-0.15, -0.1) is 0 Å². The second-order valence-corrected chi connectivity index (χ2v) is 12.8. The van der Waals surface area contributed by atoms with Crippen LogP contribution in [0.3, 0.4) is 0 Å². The number of hydrogen-bond donors (Lipinski definition) is 3. The third-order valence-electron chi connectivity index (χ3n) is 9.24. The van der Waals surface area contributed by atoms with Crippen LogP contribution in [-0.2, 0) is 13.0 Å². The molecule has 1 fully saturated rings. The lowest BCUT2D eigenvalue weighted by Gasteiger charge is -2.44. The average Bonchev–Trinajstić information content (AvgIpc) is 3.06. The first kappa shape index (κ1) is 32.1. The lowest BCUT2D eigenvalue weighted by molar-refractivity contribution is 0.0954. The third-order valence-corrected chi connectivity index (χ3v) is 9.44. The molecule has 9 nitrogen and oxygen atoms in total. The average molecular weight is 652 g/mol. The van der Waals surface area contributed by atoms with Gasteiger partial charge >= 0.3 is 0 Å². The van der Waals surface area contributed by atoms with Crippen LogP contribution in [0.4, 0.5) is 17.1 Å². The Hall–Kier alpha value is -4.83. The number of nitrogens with zero attached hydrogens (tertiary/aromatic N) is 2.